The molecule has 0 aliphatic heterocycles. The Kier molecular flexibility index (Phi) is 7.11. The second kappa shape index (κ2) is 8.08. The maximum Gasteiger partial charge on any atom is 0.174 e. The summed E-state index contributed by atoms with van der Waals surface area (Å²) in [5.74, 6) is 0. The lowest BCUT2D eigenvalue weighted by Crippen LogP contribution is -2.26. The molecule has 0 unspecified atom stereocenters. The van der Waals surface area contributed by atoms with Crippen LogP contribution in [-0.2, 0) is 9.47 Å². The Hall–Kier alpha value is -0.100. The van der Waals surface area contributed by atoms with E-state index >= 15 is 0 Å². The molecule has 0 amide bonds. The first-order valence-electron chi connectivity index (χ1n) is 5.59. The van der Waals surface area contributed by atoms with Crippen LogP contribution < -0.4 is 5.32 Å². The van der Waals surface area contributed by atoms with Crippen LogP contribution in [0.25, 0.3) is 0 Å². The maximum absolute atomic E-state index is 5.46. The van der Waals surface area contributed by atoms with Crippen molar-refractivity contribution in [1.29, 1.82) is 0 Å². The molecular formula is C12H17Br2NO2. The van der Waals surface area contributed by atoms with E-state index in [0.29, 0.717) is 19.8 Å². The lowest BCUT2D eigenvalue weighted by Gasteiger charge is -2.18. The van der Waals surface area contributed by atoms with Gasteiger partial charge in [-0.05, 0) is 48.0 Å². The Morgan fingerprint density at radius 1 is 1.18 bits per heavy atom. The lowest BCUT2D eigenvalue weighted by atomic mass is 10.3. The molecule has 96 valence electrons. The molecule has 0 radical (unpaired) electrons. The van der Waals surface area contributed by atoms with Crippen molar-refractivity contribution in [2.24, 2.45) is 0 Å². The zero-order valence-electron chi connectivity index (χ0n) is 10.0. The van der Waals surface area contributed by atoms with Crippen molar-refractivity contribution in [3.8, 4) is 0 Å². The molecule has 5 heteroatoms. The third-order valence-corrected chi connectivity index (χ3v) is 3.24. The van der Waals surface area contributed by atoms with Crippen molar-refractivity contribution < 1.29 is 9.47 Å². The molecule has 0 aliphatic rings. The van der Waals surface area contributed by atoms with E-state index in [1.807, 2.05) is 32.0 Å². The summed E-state index contributed by atoms with van der Waals surface area (Å²) in [5.41, 5.74) is 1.03. The van der Waals surface area contributed by atoms with Crippen molar-refractivity contribution in [2.75, 3.05) is 25.1 Å². The fourth-order valence-electron chi connectivity index (χ4n) is 1.36. The van der Waals surface area contributed by atoms with Crippen LogP contribution in [0.5, 0.6) is 0 Å². The summed E-state index contributed by atoms with van der Waals surface area (Å²) in [6.45, 7) is 5.84. The van der Waals surface area contributed by atoms with E-state index in [1.54, 1.807) is 0 Å². The predicted octanol–water partition coefficient (Wildman–Crippen LogP) is 4.02. The van der Waals surface area contributed by atoms with Crippen molar-refractivity contribution >= 4 is 37.5 Å². The molecule has 0 fully saturated rings. The molecule has 0 aliphatic carbocycles. The first kappa shape index (κ1) is 15.0. The van der Waals surface area contributed by atoms with E-state index < -0.39 is 0 Å². The van der Waals surface area contributed by atoms with Crippen LogP contribution >= 0.6 is 31.9 Å². The average Bonchev–Trinajstić information content (AvgIpc) is 2.28. The lowest BCUT2D eigenvalue weighted by molar-refractivity contribution is -0.126. The summed E-state index contributed by atoms with van der Waals surface area (Å²) in [6, 6.07) is 5.99. The SMILES string of the molecule is CCOC(CNc1ccc(Br)cc1Br)OCC. The van der Waals surface area contributed by atoms with Gasteiger partial charge >= 0.3 is 0 Å². The van der Waals surface area contributed by atoms with Crippen LogP contribution in [0.3, 0.4) is 0 Å². The molecule has 1 rings (SSSR count). The Morgan fingerprint density at radius 2 is 1.82 bits per heavy atom. The number of rotatable bonds is 7. The summed E-state index contributed by atoms with van der Waals surface area (Å²) in [4.78, 5) is 0. The standard InChI is InChI=1S/C12H17Br2NO2/c1-3-16-12(17-4-2)8-15-11-6-5-9(13)7-10(11)14/h5-7,12,15H,3-4,8H2,1-2H3. The third kappa shape index (κ3) is 5.38. The fourth-order valence-corrected chi connectivity index (χ4v) is 2.55. The van der Waals surface area contributed by atoms with E-state index in [0.717, 1.165) is 14.6 Å². The molecule has 0 heterocycles. The zero-order chi connectivity index (χ0) is 12.7. The Bertz CT molecular complexity index is 341. The van der Waals surface area contributed by atoms with Gasteiger partial charge in [-0.15, -0.1) is 0 Å². The predicted molar refractivity (Wildman–Crippen MR) is 77.4 cm³/mol. The van der Waals surface area contributed by atoms with Crippen molar-refractivity contribution in [2.45, 2.75) is 20.1 Å². The maximum atomic E-state index is 5.46. The quantitative estimate of drug-likeness (QED) is 0.739. The molecule has 0 aromatic heterocycles. The van der Waals surface area contributed by atoms with E-state index in [4.69, 9.17) is 9.47 Å². The molecular weight excluding hydrogens is 350 g/mol. The molecule has 1 aromatic carbocycles. The molecule has 3 nitrogen and oxygen atoms in total. The number of nitrogens with one attached hydrogen (secondary N) is 1. The van der Waals surface area contributed by atoms with Gasteiger partial charge in [0.1, 0.15) is 0 Å². The zero-order valence-corrected chi connectivity index (χ0v) is 13.2. The highest BCUT2D eigenvalue weighted by Crippen LogP contribution is 2.26. The van der Waals surface area contributed by atoms with Gasteiger partial charge in [0.2, 0.25) is 0 Å². The van der Waals surface area contributed by atoms with E-state index in [9.17, 15) is 0 Å². The summed E-state index contributed by atoms with van der Waals surface area (Å²) in [6.07, 6.45) is -0.208. The second-order valence-corrected chi connectivity index (χ2v) is 5.12. The average molecular weight is 367 g/mol. The van der Waals surface area contributed by atoms with Gasteiger partial charge in [-0.25, -0.2) is 0 Å². The minimum Gasteiger partial charge on any atom is -0.379 e. The van der Waals surface area contributed by atoms with E-state index in [2.05, 4.69) is 37.2 Å². The van der Waals surface area contributed by atoms with Crippen molar-refractivity contribution in [1.82, 2.24) is 0 Å². The van der Waals surface area contributed by atoms with Gasteiger partial charge in [0.25, 0.3) is 0 Å². The van der Waals surface area contributed by atoms with Crippen LogP contribution in [0.1, 0.15) is 13.8 Å². The van der Waals surface area contributed by atoms with Crippen molar-refractivity contribution in [3.63, 3.8) is 0 Å². The number of benzene rings is 1. The van der Waals surface area contributed by atoms with Crippen LogP contribution in [0.2, 0.25) is 0 Å². The van der Waals surface area contributed by atoms with Gasteiger partial charge in [-0.3, -0.25) is 0 Å². The van der Waals surface area contributed by atoms with Crippen LogP contribution in [0, 0.1) is 0 Å². The first-order chi connectivity index (χ1) is 8.17. The fraction of sp³-hybridized carbons (Fsp3) is 0.500. The van der Waals surface area contributed by atoms with Crippen LogP contribution in [0.4, 0.5) is 5.69 Å². The molecule has 0 saturated carbocycles. The molecule has 0 spiro atoms. The number of hydrogen-bond acceptors (Lipinski definition) is 3. The normalized spacial score (nSPS) is 10.9. The molecule has 17 heavy (non-hydrogen) atoms. The van der Waals surface area contributed by atoms with Gasteiger partial charge in [0, 0.05) is 27.8 Å². The van der Waals surface area contributed by atoms with Gasteiger partial charge in [0.15, 0.2) is 6.29 Å². The van der Waals surface area contributed by atoms with Crippen LogP contribution in [0.15, 0.2) is 27.1 Å². The van der Waals surface area contributed by atoms with Gasteiger partial charge in [0.05, 0.1) is 6.54 Å². The Morgan fingerprint density at radius 3 is 2.35 bits per heavy atom. The highest BCUT2D eigenvalue weighted by Gasteiger charge is 2.08. The van der Waals surface area contributed by atoms with Gasteiger partial charge in [-0.2, -0.15) is 0 Å². The second-order valence-electron chi connectivity index (χ2n) is 3.35. The minimum absolute atomic E-state index is 0.208. The van der Waals surface area contributed by atoms with Gasteiger partial charge in [-0.1, -0.05) is 15.9 Å². The Balaban J connectivity index is 2.52. The molecule has 0 bridgehead atoms. The third-order valence-electron chi connectivity index (χ3n) is 2.10. The smallest absolute Gasteiger partial charge is 0.174 e. The largest absolute Gasteiger partial charge is 0.379 e. The molecule has 0 saturated heterocycles. The number of hydrogen-bond donors (Lipinski definition) is 1. The topological polar surface area (TPSA) is 30.5 Å². The highest BCUT2D eigenvalue weighted by molar-refractivity contribution is 9.11. The van der Waals surface area contributed by atoms with E-state index in [1.165, 1.54) is 0 Å². The minimum atomic E-state index is -0.208. The van der Waals surface area contributed by atoms with E-state index in [-0.39, 0.29) is 6.29 Å². The number of anilines is 1. The van der Waals surface area contributed by atoms with Crippen LogP contribution in [-0.4, -0.2) is 26.0 Å². The van der Waals surface area contributed by atoms with Gasteiger partial charge < -0.3 is 14.8 Å². The summed E-state index contributed by atoms with van der Waals surface area (Å²) >= 11 is 6.92. The summed E-state index contributed by atoms with van der Waals surface area (Å²) in [5, 5.41) is 3.29. The number of halogens is 2. The molecule has 1 aromatic rings. The first-order valence-corrected chi connectivity index (χ1v) is 7.18. The summed E-state index contributed by atoms with van der Waals surface area (Å²) < 4.78 is 13.0. The molecule has 1 N–H and O–H groups in total. The Labute approximate surface area is 119 Å². The summed E-state index contributed by atoms with van der Waals surface area (Å²) in [7, 11) is 0. The molecule has 0 atom stereocenters. The highest BCUT2D eigenvalue weighted by atomic mass is 79.9. The van der Waals surface area contributed by atoms with Crippen molar-refractivity contribution in [3.05, 3.63) is 27.1 Å². The number of ether oxygens (including phenoxy) is 2. The monoisotopic (exact) mass is 365 g/mol.